The maximum absolute atomic E-state index is 9.10. The Morgan fingerprint density at radius 2 is 1.38 bits per heavy atom. The predicted octanol–water partition coefficient (Wildman–Crippen LogP) is 4.95. The monoisotopic (exact) mass is 338 g/mol. The van der Waals surface area contributed by atoms with E-state index in [1.807, 2.05) is 0 Å². The van der Waals surface area contributed by atoms with Gasteiger partial charge in [0.1, 0.15) is 6.10 Å². The molecule has 0 aromatic carbocycles. The highest BCUT2D eigenvalue weighted by atomic mass is 16.5. The molecule has 0 fully saturated rings. The van der Waals surface area contributed by atoms with Gasteiger partial charge in [-0.15, -0.1) is 0 Å². The summed E-state index contributed by atoms with van der Waals surface area (Å²) in [6, 6.07) is 0. The van der Waals surface area contributed by atoms with Gasteiger partial charge >= 0.3 is 0 Å². The molecule has 0 aromatic heterocycles. The van der Waals surface area contributed by atoms with Crippen LogP contribution in [-0.2, 0) is 4.74 Å². The molecule has 0 aliphatic carbocycles. The quantitative estimate of drug-likeness (QED) is 0.291. The summed E-state index contributed by atoms with van der Waals surface area (Å²) in [5.74, 6) is 0. The molecule has 0 saturated carbocycles. The maximum atomic E-state index is 9.10. The van der Waals surface area contributed by atoms with Gasteiger partial charge in [-0.2, -0.15) is 0 Å². The normalized spacial score (nSPS) is 13.6. The second-order valence-corrected chi connectivity index (χ2v) is 6.20. The summed E-state index contributed by atoms with van der Waals surface area (Å²) in [6.45, 7) is 2.92. The van der Waals surface area contributed by atoms with E-state index < -0.39 is 6.10 Å². The Labute approximate surface area is 149 Å². The van der Waals surface area contributed by atoms with Gasteiger partial charge in [0.25, 0.3) is 0 Å². The molecule has 24 heavy (non-hydrogen) atoms. The first-order valence-corrected chi connectivity index (χ1v) is 9.66. The van der Waals surface area contributed by atoms with Crippen molar-refractivity contribution in [2.75, 3.05) is 19.8 Å². The molecule has 0 radical (unpaired) electrons. The van der Waals surface area contributed by atoms with Crippen molar-refractivity contribution < 1.29 is 14.9 Å². The lowest BCUT2D eigenvalue weighted by Crippen LogP contribution is -2.19. The SMILES string of the molecule is CCCC/C=C/C=C/C=C\CCCCCCCCOC[C@@H](O)CO. The van der Waals surface area contributed by atoms with Crippen LogP contribution in [0.5, 0.6) is 0 Å². The lowest BCUT2D eigenvalue weighted by molar-refractivity contribution is 0.00526. The fourth-order valence-electron chi connectivity index (χ4n) is 2.25. The summed E-state index contributed by atoms with van der Waals surface area (Å²) in [5, 5.41) is 17.7. The molecule has 0 aliphatic heterocycles. The van der Waals surface area contributed by atoms with E-state index in [-0.39, 0.29) is 13.2 Å². The van der Waals surface area contributed by atoms with Crippen LogP contribution in [0.1, 0.15) is 71.1 Å². The minimum atomic E-state index is -0.732. The van der Waals surface area contributed by atoms with Crippen molar-refractivity contribution in [1.82, 2.24) is 0 Å². The minimum absolute atomic E-state index is 0.222. The van der Waals surface area contributed by atoms with E-state index in [1.54, 1.807) is 0 Å². The number of aliphatic hydroxyl groups is 2. The van der Waals surface area contributed by atoms with Crippen molar-refractivity contribution in [1.29, 1.82) is 0 Å². The van der Waals surface area contributed by atoms with Crippen molar-refractivity contribution in [3.63, 3.8) is 0 Å². The zero-order valence-corrected chi connectivity index (χ0v) is 15.5. The van der Waals surface area contributed by atoms with E-state index in [9.17, 15) is 0 Å². The fourth-order valence-corrected chi connectivity index (χ4v) is 2.25. The summed E-state index contributed by atoms with van der Waals surface area (Å²) in [4.78, 5) is 0. The first kappa shape index (κ1) is 23.1. The van der Waals surface area contributed by atoms with Gasteiger partial charge in [0.05, 0.1) is 13.2 Å². The maximum Gasteiger partial charge on any atom is 0.100 e. The van der Waals surface area contributed by atoms with Crippen molar-refractivity contribution in [3.05, 3.63) is 36.5 Å². The standard InChI is InChI=1S/C21H38O3/c1-2-3-4-5-6-7-8-9-10-11-12-13-14-15-16-17-18-24-20-21(23)19-22/h5-10,21-23H,2-4,11-20H2,1H3/b6-5+,8-7+,10-9-/t21-/m0/s1. The number of unbranched alkanes of at least 4 members (excludes halogenated alkanes) is 8. The second-order valence-electron chi connectivity index (χ2n) is 6.20. The van der Waals surface area contributed by atoms with E-state index >= 15 is 0 Å². The molecule has 0 amide bonds. The van der Waals surface area contributed by atoms with Gasteiger partial charge in [0.2, 0.25) is 0 Å². The molecule has 0 heterocycles. The van der Waals surface area contributed by atoms with Crippen LogP contribution in [0.4, 0.5) is 0 Å². The molecule has 0 rings (SSSR count). The molecule has 0 bridgehead atoms. The highest BCUT2D eigenvalue weighted by Crippen LogP contribution is 2.08. The molecule has 3 heteroatoms. The molecule has 2 N–H and O–H groups in total. The van der Waals surface area contributed by atoms with Crippen LogP contribution in [-0.4, -0.2) is 36.1 Å². The van der Waals surface area contributed by atoms with Gasteiger partial charge in [-0.05, 0) is 25.7 Å². The van der Waals surface area contributed by atoms with E-state index in [2.05, 4.69) is 43.4 Å². The molecule has 0 spiro atoms. The number of rotatable bonds is 17. The molecule has 0 saturated heterocycles. The van der Waals surface area contributed by atoms with E-state index in [0.29, 0.717) is 6.61 Å². The smallest absolute Gasteiger partial charge is 0.100 e. The molecular weight excluding hydrogens is 300 g/mol. The first-order valence-electron chi connectivity index (χ1n) is 9.66. The third-order valence-corrected chi connectivity index (χ3v) is 3.76. The van der Waals surface area contributed by atoms with Gasteiger partial charge in [-0.25, -0.2) is 0 Å². The Bertz CT molecular complexity index is 321. The van der Waals surface area contributed by atoms with Crippen molar-refractivity contribution in [3.8, 4) is 0 Å². The Morgan fingerprint density at radius 1 is 0.792 bits per heavy atom. The first-order chi connectivity index (χ1) is 11.8. The number of ether oxygens (including phenoxy) is 1. The summed E-state index contributed by atoms with van der Waals surface area (Å²) >= 11 is 0. The average molecular weight is 339 g/mol. The minimum Gasteiger partial charge on any atom is -0.394 e. The fraction of sp³-hybridized carbons (Fsp3) is 0.714. The molecule has 140 valence electrons. The van der Waals surface area contributed by atoms with Gasteiger partial charge < -0.3 is 14.9 Å². The van der Waals surface area contributed by atoms with E-state index in [4.69, 9.17) is 14.9 Å². The van der Waals surface area contributed by atoms with Gasteiger partial charge in [0, 0.05) is 6.61 Å². The third-order valence-electron chi connectivity index (χ3n) is 3.76. The van der Waals surface area contributed by atoms with E-state index in [1.165, 1.54) is 51.4 Å². The highest BCUT2D eigenvalue weighted by Gasteiger charge is 2.00. The van der Waals surface area contributed by atoms with Crippen LogP contribution in [0.3, 0.4) is 0 Å². The zero-order valence-electron chi connectivity index (χ0n) is 15.5. The topological polar surface area (TPSA) is 49.7 Å². The van der Waals surface area contributed by atoms with Gasteiger partial charge in [-0.3, -0.25) is 0 Å². The Balaban J connectivity index is 3.23. The Hall–Kier alpha value is -0.900. The lowest BCUT2D eigenvalue weighted by Gasteiger charge is -2.07. The van der Waals surface area contributed by atoms with Gasteiger partial charge in [0.15, 0.2) is 0 Å². The third kappa shape index (κ3) is 19.1. The Kier molecular flexibility index (Phi) is 19.4. The largest absolute Gasteiger partial charge is 0.394 e. The zero-order chi connectivity index (χ0) is 17.7. The van der Waals surface area contributed by atoms with Crippen molar-refractivity contribution in [2.45, 2.75) is 77.2 Å². The Morgan fingerprint density at radius 3 is 2.00 bits per heavy atom. The number of hydrogen-bond donors (Lipinski definition) is 2. The number of aliphatic hydroxyl groups excluding tert-OH is 2. The number of allylic oxidation sites excluding steroid dienone is 6. The summed E-state index contributed by atoms with van der Waals surface area (Å²) in [7, 11) is 0. The van der Waals surface area contributed by atoms with Crippen LogP contribution in [0, 0.1) is 0 Å². The van der Waals surface area contributed by atoms with Crippen LogP contribution in [0.2, 0.25) is 0 Å². The van der Waals surface area contributed by atoms with Crippen molar-refractivity contribution >= 4 is 0 Å². The van der Waals surface area contributed by atoms with Crippen LogP contribution >= 0.6 is 0 Å². The molecule has 1 atom stereocenters. The van der Waals surface area contributed by atoms with Crippen LogP contribution in [0.15, 0.2) is 36.5 Å². The van der Waals surface area contributed by atoms with Crippen LogP contribution < -0.4 is 0 Å². The molecular formula is C21H38O3. The molecule has 0 unspecified atom stereocenters. The highest BCUT2D eigenvalue weighted by molar-refractivity contribution is 5.10. The van der Waals surface area contributed by atoms with Gasteiger partial charge in [-0.1, -0.05) is 81.9 Å². The van der Waals surface area contributed by atoms with Crippen molar-refractivity contribution in [2.24, 2.45) is 0 Å². The summed E-state index contributed by atoms with van der Waals surface area (Å²) in [6.07, 6.45) is 24.4. The lowest BCUT2D eigenvalue weighted by atomic mass is 10.1. The van der Waals surface area contributed by atoms with Crippen LogP contribution in [0.25, 0.3) is 0 Å². The predicted molar refractivity (Wildman–Crippen MR) is 103 cm³/mol. The summed E-state index contributed by atoms with van der Waals surface area (Å²) in [5.41, 5.74) is 0. The van der Waals surface area contributed by atoms with E-state index in [0.717, 1.165) is 12.8 Å². The summed E-state index contributed by atoms with van der Waals surface area (Å²) < 4.78 is 5.28. The molecule has 3 nitrogen and oxygen atoms in total. The average Bonchev–Trinajstić information content (AvgIpc) is 2.60. The molecule has 0 aromatic rings. The number of hydrogen-bond acceptors (Lipinski definition) is 3. The molecule has 0 aliphatic rings. The second kappa shape index (κ2) is 20.1.